The fraction of sp³-hybridized carbons (Fsp3) is 0.538. The van der Waals surface area contributed by atoms with E-state index in [-0.39, 0.29) is 0 Å². The molecule has 0 saturated carbocycles. The van der Waals surface area contributed by atoms with Crippen molar-refractivity contribution in [2.75, 3.05) is 26.7 Å². The Morgan fingerprint density at radius 3 is 3.00 bits per heavy atom. The lowest BCUT2D eigenvalue weighted by Crippen LogP contribution is -2.48. The molecule has 1 aromatic rings. The van der Waals surface area contributed by atoms with E-state index in [0.717, 1.165) is 36.4 Å². The summed E-state index contributed by atoms with van der Waals surface area (Å²) >= 11 is 3.53. The first kappa shape index (κ1) is 12.9. The van der Waals surface area contributed by atoms with Crippen molar-refractivity contribution in [2.24, 2.45) is 0 Å². The first-order chi connectivity index (χ1) is 8.19. The maximum atomic E-state index is 5.24. The maximum absolute atomic E-state index is 5.24. The number of hydrogen-bond donors (Lipinski definition) is 1. The second-order valence-corrected chi connectivity index (χ2v) is 5.41. The highest BCUT2D eigenvalue weighted by Crippen LogP contribution is 2.26. The van der Waals surface area contributed by atoms with Gasteiger partial charge in [0.05, 0.1) is 11.6 Å². The third kappa shape index (κ3) is 3.44. The number of rotatable bonds is 3. The van der Waals surface area contributed by atoms with Crippen molar-refractivity contribution in [3.63, 3.8) is 0 Å². The van der Waals surface area contributed by atoms with Crippen LogP contribution in [0.25, 0.3) is 0 Å². The van der Waals surface area contributed by atoms with Crippen LogP contribution in [0, 0.1) is 0 Å². The Morgan fingerprint density at radius 1 is 1.53 bits per heavy atom. The molecule has 1 N–H and O–H groups in total. The number of methoxy groups -OCH3 is 1. The standard InChI is InChI=1S/C13H19BrN2O/c1-10-8-16(6-5-15-10)9-11-3-4-13(17-2)12(14)7-11/h3-4,7,10,15H,5-6,8-9H2,1-2H3/t10-/m1/s1. The second kappa shape index (κ2) is 5.85. The van der Waals surface area contributed by atoms with E-state index in [1.54, 1.807) is 7.11 Å². The minimum atomic E-state index is 0.588. The summed E-state index contributed by atoms with van der Waals surface area (Å²) < 4.78 is 6.26. The molecular weight excluding hydrogens is 280 g/mol. The molecule has 0 bridgehead atoms. The first-order valence-corrected chi connectivity index (χ1v) is 6.76. The van der Waals surface area contributed by atoms with Crippen LogP contribution in [-0.4, -0.2) is 37.7 Å². The highest BCUT2D eigenvalue weighted by atomic mass is 79.9. The van der Waals surface area contributed by atoms with Crippen molar-refractivity contribution < 1.29 is 4.74 Å². The summed E-state index contributed by atoms with van der Waals surface area (Å²) in [5.74, 6) is 0.891. The van der Waals surface area contributed by atoms with Crippen LogP contribution in [0.5, 0.6) is 5.75 Å². The molecule has 0 amide bonds. The molecule has 1 heterocycles. The Kier molecular flexibility index (Phi) is 4.42. The minimum absolute atomic E-state index is 0.588. The Hall–Kier alpha value is -0.580. The summed E-state index contributed by atoms with van der Waals surface area (Å²) in [6, 6.07) is 6.89. The number of nitrogens with zero attached hydrogens (tertiary/aromatic N) is 1. The summed E-state index contributed by atoms with van der Waals surface area (Å²) in [6.07, 6.45) is 0. The van der Waals surface area contributed by atoms with Crippen molar-refractivity contribution in [1.29, 1.82) is 0 Å². The quantitative estimate of drug-likeness (QED) is 0.926. The molecule has 1 aliphatic heterocycles. The van der Waals surface area contributed by atoms with Crippen LogP contribution in [0.3, 0.4) is 0 Å². The molecule has 94 valence electrons. The van der Waals surface area contributed by atoms with Gasteiger partial charge in [-0.15, -0.1) is 0 Å². The number of halogens is 1. The second-order valence-electron chi connectivity index (χ2n) is 4.56. The molecule has 17 heavy (non-hydrogen) atoms. The zero-order valence-corrected chi connectivity index (χ0v) is 12.0. The lowest BCUT2D eigenvalue weighted by Gasteiger charge is -2.31. The lowest BCUT2D eigenvalue weighted by molar-refractivity contribution is 0.199. The number of benzene rings is 1. The van der Waals surface area contributed by atoms with Gasteiger partial charge in [0.2, 0.25) is 0 Å². The molecule has 0 spiro atoms. The first-order valence-electron chi connectivity index (χ1n) is 5.97. The van der Waals surface area contributed by atoms with Gasteiger partial charge < -0.3 is 10.1 Å². The molecule has 0 aromatic heterocycles. The molecule has 0 unspecified atom stereocenters. The lowest BCUT2D eigenvalue weighted by atomic mass is 10.1. The van der Waals surface area contributed by atoms with E-state index in [0.29, 0.717) is 6.04 Å². The molecule has 1 saturated heterocycles. The van der Waals surface area contributed by atoms with Crippen LogP contribution < -0.4 is 10.1 Å². The fourth-order valence-electron chi connectivity index (χ4n) is 2.22. The van der Waals surface area contributed by atoms with Gasteiger partial charge in [-0.05, 0) is 40.5 Å². The number of piperazine rings is 1. The summed E-state index contributed by atoms with van der Waals surface area (Å²) in [6.45, 7) is 6.56. The van der Waals surface area contributed by atoms with Gasteiger partial charge >= 0.3 is 0 Å². The fourth-order valence-corrected chi connectivity index (χ4v) is 2.81. The van der Waals surface area contributed by atoms with Crippen molar-refractivity contribution in [2.45, 2.75) is 19.5 Å². The van der Waals surface area contributed by atoms with Gasteiger partial charge in [0.1, 0.15) is 5.75 Å². The summed E-state index contributed by atoms with van der Waals surface area (Å²) in [4.78, 5) is 2.48. The molecule has 0 radical (unpaired) electrons. The predicted octanol–water partition coefficient (Wildman–Crippen LogP) is 2.25. The average Bonchev–Trinajstić information content (AvgIpc) is 2.29. The highest BCUT2D eigenvalue weighted by molar-refractivity contribution is 9.10. The third-order valence-electron chi connectivity index (χ3n) is 3.08. The van der Waals surface area contributed by atoms with Crippen LogP contribution in [0.15, 0.2) is 22.7 Å². The van der Waals surface area contributed by atoms with Gasteiger partial charge in [0.15, 0.2) is 0 Å². The van der Waals surface area contributed by atoms with Crippen LogP contribution >= 0.6 is 15.9 Å². The molecule has 4 heteroatoms. The van der Waals surface area contributed by atoms with Gasteiger partial charge in [0, 0.05) is 32.2 Å². The molecule has 3 nitrogen and oxygen atoms in total. The number of nitrogens with one attached hydrogen (secondary N) is 1. The van der Waals surface area contributed by atoms with E-state index >= 15 is 0 Å². The van der Waals surface area contributed by atoms with Crippen LogP contribution in [0.4, 0.5) is 0 Å². The normalized spacial score (nSPS) is 21.5. The van der Waals surface area contributed by atoms with Gasteiger partial charge in [-0.3, -0.25) is 4.90 Å². The molecule has 2 rings (SSSR count). The molecule has 1 aromatic carbocycles. The Balaban J connectivity index is 2.00. The van der Waals surface area contributed by atoms with Crippen molar-refractivity contribution in [3.05, 3.63) is 28.2 Å². The molecule has 1 fully saturated rings. The van der Waals surface area contributed by atoms with Crippen LogP contribution in [0.1, 0.15) is 12.5 Å². The van der Waals surface area contributed by atoms with Crippen molar-refractivity contribution in [3.8, 4) is 5.75 Å². The predicted molar refractivity (Wildman–Crippen MR) is 73.4 cm³/mol. The largest absolute Gasteiger partial charge is 0.496 e. The van der Waals surface area contributed by atoms with E-state index < -0.39 is 0 Å². The zero-order chi connectivity index (χ0) is 12.3. The average molecular weight is 299 g/mol. The molecule has 0 aliphatic carbocycles. The van der Waals surface area contributed by atoms with Crippen molar-refractivity contribution >= 4 is 15.9 Å². The van der Waals surface area contributed by atoms with Gasteiger partial charge in [-0.2, -0.15) is 0 Å². The number of ether oxygens (including phenoxy) is 1. The van der Waals surface area contributed by atoms with Crippen LogP contribution in [0.2, 0.25) is 0 Å². The molecule has 1 aliphatic rings. The summed E-state index contributed by atoms with van der Waals surface area (Å²) in [5.41, 5.74) is 1.33. The minimum Gasteiger partial charge on any atom is -0.496 e. The van der Waals surface area contributed by atoms with E-state index in [9.17, 15) is 0 Å². The Bertz CT molecular complexity index is 384. The van der Waals surface area contributed by atoms with Crippen LogP contribution in [-0.2, 0) is 6.54 Å². The van der Waals surface area contributed by atoms with Gasteiger partial charge in [-0.25, -0.2) is 0 Å². The van der Waals surface area contributed by atoms with E-state index in [4.69, 9.17) is 4.74 Å². The smallest absolute Gasteiger partial charge is 0.133 e. The topological polar surface area (TPSA) is 24.5 Å². The van der Waals surface area contributed by atoms with Gasteiger partial charge in [0.25, 0.3) is 0 Å². The third-order valence-corrected chi connectivity index (χ3v) is 3.69. The molecular formula is C13H19BrN2O. The summed E-state index contributed by atoms with van der Waals surface area (Å²) in [5, 5.41) is 3.46. The monoisotopic (exact) mass is 298 g/mol. The Labute approximate surface area is 111 Å². The summed E-state index contributed by atoms with van der Waals surface area (Å²) in [7, 11) is 1.69. The van der Waals surface area contributed by atoms with E-state index in [1.165, 1.54) is 5.56 Å². The van der Waals surface area contributed by atoms with Crippen molar-refractivity contribution in [1.82, 2.24) is 10.2 Å². The zero-order valence-electron chi connectivity index (χ0n) is 10.4. The number of hydrogen-bond acceptors (Lipinski definition) is 3. The Morgan fingerprint density at radius 2 is 2.35 bits per heavy atom. The van der Waals surface area contributed by atoms with E-state index in [2.05, 4.69) is 45.2 Å². The van der Waals surface area contributed by atoms with Gasteiger partial charge in [-0.1, -0.05) is 6.07 Å². The van der Waals surface area contributed by atoms with E-state index in [1.807, 2.05) is 6.07 Å². The highest BCUT2D eigenvalue weighted by Gasteiger charge is 2.15. The maximum Gasteiger partial charge on any atom is 0.133 e. The molecule has 1 atom stereocenters. The SMILES string of the molecule is COc1ccc(CN2CCN[C@H](C)C2)cc1Br.